The number of carbonyl (C=O) groups excluding carboxylic acids is 1. The normalized spacial score (nSPS) is 10.2. The smallest absolute Gasteiger partial charge is 0.300 e. The summed E-state index contributed by atoms with van der Waals surface area (Å²) in [5, 5.41) is 19.4. The maximum absolute atomic E-state index is 11.9. The fourth-order valence-corrected chi connectivity index (χ4v) is 1.48. The van der Waals surface area contributed by atoms with Crippen molar-refractivity contribution in [2.45, 2.75) is 6.54 Å². The third-order valence-corrected chi connectivity index (χ3v) is 2.38. The van der Waals surface area contributed by atoms with Gasteiger partial charge in [0.25, 0.3) is 11.6 Å². The number of carbonyl (C=O) groups is 1. The van der Waals surface area contributed by atoms with E-state index in [1.807, 2.05) is 0 Å². The van der Waals surface area contributed by atoms with Crippen LogP contribution in [0.3, 0.4) is 0 Å². The molecular weight excluding hydrogens is 276 g/mol. The number of hydrogen-bond donors (Lipinski definition) is 2. The molecule has 0 aliphatic heterocycles. The summed E-state index contributed by atoms with van der Waals surface area (Å²) >= 11 is 5.62. The Bertz CT molecular complexity index is 614. The second kappa shape index (κ2) is 5.40. The first-order valence-corrected chi connectivity index (χ1v) is 5.38. The molecule has 2 aromatic rings. The molecule has 0 saturated heterocycles. The van der Waals surface area contributed by atoms with Gasteiger partial charge in [-0.3, -0.25) is 20.0 Å². The SMILES string of the molecule is O=C(NCc1ncn[nH]1)c1cc(Cl)ncc1[N+](=O)[O-]. The number of halogens is 1. The molecule has 0 aliphatic rings. The zero-order valence-electron chi connectivity index (χ0n) is 9.33. The van der Waals surface area contributed by atoms with E-state index in [1.165, 1.54) is 6.33 Å². The number of pyridine rings is 1. The molecule has 0 aromatic carbocycles. The number of nitro groups is 1. The number of nitrogens with one attached hydrogen (secondary N) is 2. The van der Waals surface area contributed by atoms with Crippen LogP contribution in [0.4, 0.5) is 5.69 Å². The van der Waals surface area contributed by atoms with Crippen LogP contribution in [0.25, 0.3) is 0 Å². The van der Waals surface area contributed by atoms with Crippen molar-refractivity contribution in [2.75, 3.05) is 0 Å². The van der Waals surface area contributed by atoms with Gasteiger partial charge in [-0.1, -0.05) is 11.6 Å². The zero-order chi connectivity index (χ0) is 13.8. The number of H-pyrrole nitrogens is 1. The lowest BCUT2D eigenvalue weighted by atomic mass is 10.2. The summed E-state index contributed by atoms with van der Waals surface area (Å²) in [6.07, 6.45) is 2.22. The number of amides is 1. The van der Waals surface area contributed by atoms with Gasteiger partial charge >= 0.3 is 0 Å². The summed E-state index contributed by atoms with van der Waals surface area (Å²) in [7, 11) is 0. The molecule has 98 valence electrons. The molecule has 2 aromatic heterocycles. The maximum Gasteiger partial charge on any atom is 0.300 e. The van der Waals surface area contributed by atoms with Gasteiger partial charge in [0.1, 0.15) is 29.1 Å². The van der Waals surface area contributed by atoms with Crippen LogP contribution in [-0.2, 0) is 6.54 Å². The van der Waals surface area contributed by atoms with Crippen molar-refractivity contribution in [3.05, 3.63) is 45.2 Å². The number of rotatable bonds is 4. The lowest BCUT2D eigenvalue weighted by Gasteiger charge is -2.04. The van der Waals surface area contributed by atoms with Gasteiger partial charge in [0.15, 0.2) is 0 Å². The summed E-state index contributed by atoms with van der Waals surface area (Å²) in [6, 6.07) is 1.13. The van der Waals surface area contributed by atoms with Crippen LogP contribution >= 0.6 is 11.6 Å². The second-order valence-corrected chi connectivity index (χ2v) is 3.78. The number of hydrogen-bond acceptors (Lipinski definition) is 6. The van der Waals surface area contributed by atoms with Crippen molar-refractivity contribution >= 4 is 23.2 Å². The monoisotopic (exact) mass is 282 g/mol. The molecule has 0 aliphatic carbocycles. The van der Waals surface area contributed by atoms with Crippen LogP contribution < -0.4 is 5.32 Å². The summed E-state index contributed by atoms with van der Waals surface area (Å²) in [5.41, 5.74) is -0.580. The lowest BCUT2D eigenvalue weighted by molar-refractivity contribution is -0.385. The fourth-order valence-electron chi connectivity index (χ4n) is 1.33. The Balaban J connectivity index is 2.18. The van der Waals surface area contributed by atoms with E-state index >= 15 is 0 Å². The molecule has 1 amide bonds. The van der Waals surface area contributed by atoms with Crippen molar-refractivity contribution in [2.24, 2.45) is 0 Å². The van der Waals surface area contributed by atoms with Crippen LogP contribution in [0.5, 0.6) is 0 Å². The van der Waals surface area contributed by atoms with Gasteiger partial charge in [-0.15, -0.1) is 0 Å². The van der Waals surface area contributed by atoms with E-state index in [9.17, 15) is 14.9 Å². The molecule has 0 fully saturated rings. The Morgan fingerprint density at radius 3 is 2.95 bits per heavy atom. The standard InChI is InChI=1S/C9H7ClN6O3/c10-7-1-5(6(2-11-7)16(18)19)9(17)12-3-8-13-4-14-15-8/h1-2,4H,3H2,(H,12,17)(H,13,14,15). The third-order valence-electron chi connectivity index (χ3n) is 2.17. The Morgan fingerprint density at radius 1 is 1.53 bits per heavy atom. The van der Waals surface area contributed by atoms with E-state index in [-0.39, 0.29) is 17.3 Å². The highest BCUT2D eigenvalue weighted by Gasteiger charge is 2.21. The molecule has 0 unspecified atom stereocenters. The molecule has 0 radical (unpaired) electrons. The Labute approximate surface area is 111 Å². The maximum atomic E-state index is 11.9. The minimum atomic E-state index is -0.702. The fraction of sp³-hybridized carbons (Fsp3) is 0.111. The van der Waals surface area contributed by atoms with Crippen molar-refractivity contribution in [1.29, 1.82) is 0 Å². The highest BCUT2D eigenvalue weighted by molar-refractivity contribution is 6.29. The summed E-state index contributed by atoms with van der Waals surface area (Å²) in [4.78, 5) is 29.3. The predicted octanol–water partition coefficient (Wildman–Crippen LogP) is 0.691. The van der Waals surface area contributed by atoms with E-state index in [4.69, 9.17) is 11.6 Å². The van der Waals surface area contributed by atoms with Crippen molar-refractivity contribution in [3.8, 4) is 0 Å². The van der Waals surface area contributed by atoms with Gasteiger partial charge in [-0.25, -0.2) is 9.97 Å². The van der Waals surface area contributed by atoms with Crippen LogP contribution in [-0.4, -0.2) is 31.0 Å². The van der Waals surface area contributed by atoms with E-state index in [2.05, 4.69) is 25.5 Å². The Morgan fingerprint density at radius 2 is 2.32 bits per heavy atom. The molecule has 2 rings (SSSR count). The number of aromatic nitrogens is 4. The molecular formula is C9H7ClN6O3. The minimum Gasteiger partial charge on any atom is -0.345 e. The Hall–Kier alpha value is -2.55. The van der Waals surface area contributed by atoms with Crippen LogP contribution in [0.2, 0.25) is 5.15 Å². The lowest BCUT2D eigenvalue weighted by Crippen LogP contribution is -2.24. The molecule has 10 heteroatoms. The predicted molar refractivity (Wildman–Crippen MR) is 63.5 cm³/mol. The van der Waals surface area contributed by atoms with Crippen molar-refractivity contribution in [3.63, 3.8) is 0 Å². The summed E-state index contributed by atoms with van der Waals surface area (Å²) in [5.74, 6) is -0.219. The van der Waals surface area contributed by atoms with Gasteiger partial charge < -0.3 is 5.32 Å². The molecule has 0 bridgehead atoms. The molecule has 9 nitrogen and oxygen atoms in total. The highest BCUT2D eigenvalue weighted by atomic mass is 35.5. The number of aromatic amines is 1. The van der Waals surface area contributed by atoms with E-state index in [1.54, 1.807) is 0 Å². The molecule has 0 saturated carbocycles. The molecule has 2 heterocycles. The summed E-state index contributed by atoms with van der Waals surface area (Å²) in [6.45, 7) is 0.0654. The average molecular weight is 283 g/mol. The van der Waals surface area contributed by atoms with E-state index in [0.29, 0.717) is 5.82 Å². The molecule has 2 N–H and O–H groups in total. The Kier molecular flexibility index (Phi) is 3.66. The van der Waals surface area contributed by atoms with Crippen LogP contribution in [0.15, 0.2) is 18.6 Å². The van der Waals surface area contributed by atoms with Gasteiger partial charge in [-0.2, -0.15) is 5.10 Å². The first-order valence-electron chi connectivity index (χ1n) is 5.00. The number of nitrogens with zero attached hydrogens (tertiary/aromatic N) is 4. The van der Waals surface area contributed by atoms with Gasteiger partial charge in [0, 0.05) is 0 Å². The first kappa shape index (κ1) is 12.9. The largest absolute Gasteiger partial charge is 0.345 e. The first-order chi connectivity index (χ1) is 9.08. The second-order valence-electron chi connectivity index (χ2n) is 3.40. The van der Waals surface area contributed by atoms with Gasteiger partial charge in [-0.05, 0) is 6.07 Å². The van der Waals surface area contributed by atoms with Crippen LogP contribution in [0.1, 0.15) is 16.2 Å². The molecule has 0 atom stereocenters. The van der Waals surface area contributed by atoms with Gasteiger partial charge in [0.2, 0.25) is 0 Å². The van der Waals surface area contributed by atoms with Crippen molar-refractivity contribution < 1.29 is 9.72 Å². The average Bonchev–Trinajstić information content (AvgIpc) is 2.88. The topological polar surface area (TPSA) is 127 Å². The van der Waals surface area contributed by atoms with Crippen LogP contribution in [0, 0.1) is 10.1 Å². The minimum absolute atomic E-state index is 0.00425. The quantitative estimate of drug-likeness (QED) is 0.482. The highest BCUT2D eigenvalue weighted by Crippen LogP contribution is 2.20. The molecule has 19 heavy (non-hydrogen) atoms. The van der Waals surface area contributed by atoms with Crippen molar-refractivity contribution in [1.82, 2.24) is 25.5 Å². The zero-order valence-corrected chi connectivity index (χ0v) is 10.1. The molecule has 0 spiro atoms. The van der Waals surface area contributed by atoms with Gasteiger partial charge in [0.05, 0.1) is 11.5 Å². The van der Waals surface area contributed by atoms with E-state index < -0.39 is 16.5 Å². The third kappa shape index (κ3) is 3.01. The summed E-state index contributed by atoms with van der Waals surface area (Å²) < 4.78 is 0. The van der Waals surface area contributed by atoms with E-state index in [0.717, 1.165) is 12.3 Å².